The van der Waals surface area contributed by atoms with Crippen LogP contribution in [-0.2, 0) is 14.3 Å². The molecule has 3 aliphatic heterocycles. The first-order chi connectivity index (χ1) is 14.8. The molecular formula is C25H27Cl2NO3. The van der Waals surface area contributed by atoms with Crippen LogP contribution >= 0.6 is 23.2 Å². The molecule has 4 nitrogen and oxygen atoms in total. The number of piperidine rings is 1. The van der Waals surface area contributed by atoms with Crippen molar-refractivity contribution in [2.75, 3.05) is 0 Å². The SMILES string of the molecule is CCC1C(C)OC23OC(=O)CC2(C)CC(c2cccc(Cl)c2)C(c2ccc(Cl)cc2)N13. The Balaban J connectivity index is 1.73. The smallest absolute Gasteiger partial charge is 0.310 e. The molecule has 5 rings (SSSR count). The van der Waals surface area contributed by atoms with Crippen LogP contribution < -0.4 is 0 Å². The van der Waals surface area contributed by atoms with Crippen LogP contribution in [0.4, 0.5) is 0 Å². The van der Waals surface area contributed by atoms with Crippen molar-refractivity contribution in [2.24, 2.45) is 5.41 Å². The number of rotatable bonds is 3. The maximum Gasteiger partial charge on any atom is 0.310 e. The third-order valence-corrected chi connectivity index (χ3v) is 7.88. The number of esters is 1. The quantitative estimate of drug-likeness (QED) is 0.502. The van der Waals surface area contributed by atoms with Crippen LogP contribution in [0.25, 0.3) is 0 Å². The largest absolute Gasteiger partial charge is 0.418 e. The molecule has 6 unspecified atom stereocenters. The van der Waals surface area contributed by atoms with Gasteiger partial charge in [0.1, 0.15) is 0 Å². The Kier molecular flexibility index (Phi) is 5.13. The van der Waals surface area contributed by atoms with E-state index in [1.165, 1.54) is 0 Å². The fourth-order valence-corrected chi connectivity index (χ4v) is 6.44. The third-order valence-electron chi connectivity index (χ3n) is 7.39. The monoisotopic (exact) mass is 459 g/mol. The van der Waals surface area contributed by atoms with Crippen molar-refractivity contribution in [3.8, 4) is 0 Å². The second-order valence-electron chi connectivity index (χ2n) is 9.36. The summed E-state index contributed by atoms with van der Waals surface area (Å²) in [5.74, 6) is -1.13. The number of ether oxygens (including phenoxy) is 2. The van der Waals surface area contributed by atoms with Crippen LogP contribution in [-0.4, -0.2) is 28.9 Å². The van der Waals surface area contributed by atoms with Gasteiger partial charge in [-0.1, -0.05) is 61.3 Å². The molecule has 0 N–H and O–H groups in total. The number of benzene rings is 2. The fourth-order valence-electron chi connectivity index (χ4n) is 6.11. The molecule has 2 aromatic rings. The Hall–Kier alpha value is -1.59. The zero-order valence-electron chi connectivity index (χ0n) is 18.0. The summed E-state index contributed by atoms with van der Waals surface area (Å²) in [7, 11) is 0. The first-order valence-corrected chi connectivity index (χ1v) is 11.7. The molecule has 3 fully saturated rings. The predicted octanol–water partition coefficient (Wildman–Crippen LogP) is 6.33. The molecule has 6 atom stereocenters. The lowest BCUT2D eigenvalue weighted by Gasteiger charge is -2.55. The molecule has 3 aliphatic rings. The first-order valence-electron chi connectivity index (χ1n) is 11.0. The molecule has 0 amide bonds. The Bertz CT molecular complexity index is 1010. The van der Waals surface area contributed by atoms with Gasteiger partial charge in [-0.3, -0.25) is 4.79 Å². The second kappa shape index (κ2) is 7.48. The summed E-state index contributed by atoms with van der Waals surface area (Å²) in [6.07, 6.45) is 1.94. The number of carbonyl (C=O) groups excluding carboxylic acids is 1. The number of nitrogens with zero attached hydrogens (tertiary/aromatic N) is 1. The van der Waals surface area contributed by atoms with Gasteiger partial charge in [0.15, 0.2) is 0 Å². The van der Waals surface area contributed by atoms with Crippen molar-refractivity contribution in [2.45, 2.75) is 70.1 Å². The Morgan fingerprint density at radius 1 is 1.10 bits per heavy atom. The van der Waals surface area contributed by atoms with Gasteiger partial charge in [-0.15, -0.1) is 0 Å². The van der Waals surface area contributed by atoms with Crippen LogP contribution in [0.2, 0.25) is 10.0 Å². The molecule has 164 valence electrons. The van der Waals surface area contributed by atoms with Crippen molar-refractivity contribution >= 4 is 29.2 Å². The van der Waals surface area contributed by atoms with E-state index in [0.29, 0.717) is 16.5 Å². The van der Waals surface area contributed by atoms with E-state index < -0.39 is 11.3 Å². The van der Waals surface area contributed by atoms with E-state index in [1.54, 1.807) is 0 Å². The highest BCUT2D eigenvalue weighted by atomic mass is 35.5. The average molecular weight is 460 g/mol. The second-order valence-corrected chi connectivity index (χ2v) is 10.2. The normalized spacial score (nSPS) is 37.4. The van der Waals surface area contributed by atoms with E-state index in [4.69, 9.17) is 32.7 Å². The van der Waals surface area contributed by atoms with E-state index in [2.05, 4.69) is 43.9 Å². The minimum atomic E-state index is -1.05. The van der Waals surface area contributed by atoms with E-state index >= 15 is 0 Å². The van der Waals surface area contributed by atoms with Crippen molar-refractivity contribution in [3.63, 3.8) is 0 Å². The maximum atomic E-state index is 12.7. The van der Waals surface area contributed by atoms with Gasteiger partial charge in [0.2, 0.25) is 0 Å². The summed E-state index contributed by atoms with van der Waals surface area (Å²) in [6.45, 7) is 6.38. The van der Waals surface area contributed by atoms with Crippen molar-refractivity contribution in [3.05, 3.63) is 69.7 Å². The van der Waals surface area contributed by atoms with Gasteiger partial charge in [0.25, 0.3) is 5.91 Å². The van der Waals surface area contributed by atoms with Gasteiger partial charge in [-0.05, 0) is 55.2 Å². The topological polar surface area (TPSA) is 38.8 Å². The van der Waals surface area contributed by atoms with E-state index in [-0.39, 0.29) is 30.1 Å². The number of halogens is 2. The molecule has 2 aromatic carbocycles. The van der Waals surface area contributed by atoms with E-state index in [9.17, 15) is 4.79 Å². The van der Waals surface area contributed by atoms with Gasteiger partial charge >= 0.3 is 5.97 Å². The molecule has 0 bridgehead atoms. The molecule has 6 heteroatoms. The predicted molar refractivity (Wildman–Crippen MR) is 121 cm³/mol. The molecule has 31 heavy (non-hydrogen) atoms. The highest BCUT2D eigenvalue weighted by Gasteiger charge is 2.73. The van der Waals surface area contributed by atoms with Crippen LogP contribution in [0.1, 0.15) is 63.1 Å². The molecule has 1 spiro atoms. The highest BCUT2D eigenvalue weighted by Crippen LogP contribution is 2.65. The van der Waals surface area contributed by atoms with Crippen LogP contribution in [0, 0.1) is 5.41 Å². The first kappa shape index (κ1) is 21.3. The Morgan fingerprint density at radius 3 is 2.52 bits per heavy atom. The minimum absolute atomic E-state index is 0.0374. The molecule has 3 saturated heterocycles. The van der Waals surface area contributed by atoms with Gasteiger partial charge in [-0.2, -0.15) is 0 Å². The molecule has 0 aliphatic carbocycles. The lowest BCUT2D eigenvalue weighted by Crippen LogP contribution is -2.62. The van der Waals surface area contributed by atoms with Crippen LogP contribution in [0.5, 0.6) is 0 Å². The van der Waals surface area contributed by atoms with E-state index in [0.717, 1.165) is 24.0 Å². The number of hydrogen-bond donors (Lipinski definition) is 0. The lowest BCUT2D eigenvalue weighted by molar-refractivity contribution is -0.323. The van der Waals surface area contributed by atoms with Crippen LogP contribution in [0.15, 0.2) is 48.5 Å². The van der Waals surface area contributed by atoms with Crippen molar-refractivity contribution in [1.82, 2.24) is 4.90 Å². The van der Waals surface area contributed by atoms with E-state index in [1.807, 2.05) is 30.3 Å². The van der Waals surface area contributed by atoms with Crippen molar-refractivity contribution < 1.29 is 14.3 Å². The zero-order chi connectivity index (χ0) is 22.0. The van der Waals surface area contributed by atoms with Gasteiger partial charge in [0.05, 0.1) is 17.9 Å². The Morgan fingerprint density at radius 2 is 1.84 bits per heavy atom. The zero-order valence-corrected chi connectivity index (χ0v) is 19.5. The summed E-state index contributed by atoms with van der Waals surface area (Å²) in [4.78, 5) is 15.0. The Labute approximate surface area is 193 Å². The van der Waals surface area contributed by atoms with Gasteiger partial charge < -0.3 is 9.47 Å². The molecule has 3 heterocycles. The molecule has 0 aromatic heterocycles. The van der Waals surface area contributed by atoms with Gasteiger partial charge in [-0.25, -0.2) is 4.90 Å². The average Bonchev–Trinajstić information content (AvgIpc) is 3.15. The summed E-state index contributed by atoms with van der Waals surface area (Å²) in [5.41, 5.74) is 1.84. The molecular weight excluding hydrogens is 433 g/mol. The summed E-state index contributed by atoms with van der Waals surface area (Å²) < 4.78 is 12.6. The molecule has 0 saturated carbocycles. The van der Waals surface area contributed by atoms with Gasteiger partial charge in [0, 0.05) is 28.0 Å². The minimum Gasteiger partial charge on any atom is -0.418 e. The third kappa shape index (κ3) is 3.14. The summed E-state index contributed by atoms with van der Waals surface area (Å²) in [5, 5.41) is 1.41. The summed E-state index contributed by atoms with van der Waals surface area (Å²) >= 11 is 12.6. The number of carbonyl (C=O) groups is 1. The highest BCUT2D eigenvalue weighted by molar-refractivity contribution is 6.30. The summed E-state index contributed by atoms with van der Waals surface area (Å²) in [6, 6.07) is 16.2. The lowest BCUT2D eigenvalue weighted by atomic mass is 9.66. The van der Waals surface area contributed by atoms with Crippen molar-refractivity contribution in [1.29, 1.82) is 0 Å². The standard InChI is InChI=1S/C25H27Cl2NO3/c1-4-21-15(2)30-25-24(3,14-22(29)31-25)13-20(17-6-5-7-19(27)12-17)23(28(21)25)16-8-10-18(26)11-9-16/h5-12,15,20-21,23H,4,13-14H2,1-3H3. The fraction of sp³-hybridized carbons (Fsp3) is 0.480. The number of hydrogen-bond acceptors (Lipinski definition) is 4. The molecule has 0 radical (unpaired) electrons. The van der Waals surface area contributed by atoms with Crippen LogP contribution in [0.3, 0.4) is 0 Å². The maximum absolute atomic E-state index is 12.7.